The summed E-state index contributed by atoms with van der Waals surface area (Å²) in [7, 11) is 1.45. The number of anilines is 1. The van der Waals surface area contributed by atoms with E-state index in [9.17, 15) is 15.2 Å². The number of aliphatic hydroxyl groups excluding tert-OH is 1. The fourth-order valence-corrected chi connectivity index (χ4v) is 1.45. The van der Waals surface area contributed by atoms with Gasteiger partial charge < -0.3 is 15.2 Å². The number of nitrogens with one attached hydrogen (secondary N) is 1. The molecule has 1 rings (SSSR count). The van der Waals surface area contributed by atoms with Gasteiger partial charge in [-0.1, -0.05) is 6.07 Å². The number of rotatable bonds is 6. The van der Waals surface area contributed by atoms with Gasteiger partial charge in [0.05, 0.1) is 17.6 Å². The minimum atomic E-state index is -0.777. The molecule has 0 fully saturated rings. The molecule has 0 radical (unpaired) electrons. The van der Waals surface area contributed by atoms with E-state index in [1.165, 1.54) is 25.3 Å². The molecule has 1 aromatic rings. The summed E-state index contributed by atoms with van der Waals surface area (Å²) in [5.74, 6) is 0. The van der Waals surface area contributed by atoms with E-state index >= 15 is 0 Å². The van der Waals surface area contributed by atoms with Gasteiger partial charge >= 0.3 is 5.69 Å². The van der Waals surface area contributed by atoms with E-state index in [1.807, 2.05) is 0 Å². The molecular formula is C11H13N3O4. The number of nitro benzene ring substituents is 1. The first kappa shape index (κ1) is 13.9. The maximum atomic E-state index is 10.9. The molecule has 0 amide bonds. The van der Waals surface area contributed by atoms with Gasteiger partial charge in [-0.25, -0.2) is 0 Å². The van der Waals surface area contributed by atoms with Crippen LogP contribution < -0.4 is 5.32 Å². The van der Waals surface area contributed by atoms with E-state index in [4.69, 9.17) is 10.00 Å². The topological polar surface area (TPSA) is 108 Å². The predicted molar refractivity (Wildman–Crippen MR) is 64.2 cm³/mol. The smallest absolute Gasteiger partial charge is 0.309 e. The Morgan fingerprint density at radius 1 is 1.67 bits per heavy atom. The Hall–Kier alpha value is -2.17. The molecule has 0 aliphatic rings. The highest BCUT2D eigenvalue weighted by atomic mass is 16.6. The average Bonchev–Trinajstić information content (AvgIpc) is 2.35. The van der Waals surface area contributed by atoms with Crippen LogP contribution in [0.25, 0.3) is 0 Å². The maximum absolute atomic E-state index is 10.9. The highest BCUT2D eigenvalue weighted by molar-refractivity contribution is 5.68. The molecule has 0 spiro atoms. The molecule has 1 unspecified atom stereocenters. The lowest BCUT2D eigenvalue weighted by atomic mass is 10.1. The summed E-state index contributed by atoms with van der Waals surface area (Å²) in [6.07, 6.45) is -0.777. The lowest BCUT2D eigenvalue weighted by Crippen LogP contribution is -2.24. The summed E-state index contributed by atoms with van der Waals surface area (Å²) in [5.41, 5.74) is -0.106. The Labute approximate surface area is 104 Å². The van der Waals surface area contributed by atoms with Gasteiger partial charge in [-0.2, -0.15) is 5.26 Å². The number of methoxy groups -OCH3 is 1. The molecule has 7 nitrogen and oxygen atoms in total. The predicted octanol–water partition coefficient (Wildman–Crippen LogP) is 0.886. The van der Waals surface area contributed by atoms with Crippen LogP contribution in [0.5, 0.6) is 0 Å². The molecule has 0 heterocycles. The van der Waals surface area contributed by atoms with Gasteiger partial charge in [0.2, 0.25) is 0 Å². The Balaban J connectivity index is 2.89. The third kappa shape index (κ3) is 3.41. The Morgan fingerprint density at radius 3 is 2.94 bits per heavy atom. The van der Waals surface area contributed by atoms with Crippen molar-refractivity contribution in [3.8, 4) is 6.07 Å². The summed E-state index contributed by atoms with van der Waals surface area (Å²) < 4.78 is 4.74. The second kappa shape index (κ2) is 6.54. The molecule has 96 valence electrons. The van der Waals surface area contributed by atoms with Crippen LogP contribution in [-0.4, -0.2) is 36.4 Å². The van der Waals surface area contributed by atoms with Gasteiger partial charge in [-0.15, -0.1) is 0 Å². The Morgan fingerprint density at radius 2 is 2.39 bits per heavy atom. The molecule has 1 atom stereocenters. The summed E-state index contributed by atoms with van der Waals surface area (Å²) in [6.45, 7) is 0.225. The number of nitro groups is 1. The minimum absolute atomic E-state index is 0.0220. The molecule has 7 heteroatoms. The molecule has 0 saturated heterocycles. The molecule has 0 bridgehead atoms. The summed E-state index contributed by atoms with van der Waals surface area (Å²) in [6, 6.07) is 6.15. The molecule has 0 aromatic heterocycles. The standard InChI is InChI=1S/C11H13N3O4/c1-18-7-9(15)6-13-10-4-2-3-8(5-12)11(10)14(16)17/h2-4,9,13,15H,6-7H2,1H3. The van der Waals surface area contributed by atoms with Crippen LogP contribution in [-0.2, 0) is 4.74 Å². The number of nitriles is 1. The average molecular weight is 251 g/mol. The van der Waals surface area contributed by atoms with Crippen LogP contribution in [0, 0.1) is 21.4 Å². The van der Waals surface area contributed by atoms with Crippen molar-refractivity contribution in [2.24, 2.45) is 0 Å². The van der Waals surface area contributed by atoms with Crippen molar-refractivity contribution in [1.29, 1.82) is 5.26 Å². The number of hydrogen-bond acceptors (Lipinski definition) is 6. The van der Waals surface area contributed by atoms with E-state index in [0.717, 1.165) is 0 Å². The number of hydrogen-bond donors (Lipinski definition) is 2. The molecule has 2 N–H and O–H groups in total. The van der Waals surface area contributed by atoms with E-state index in [2.05, 4.69) is 5.32 Å². The second-order valence-electron chi connectivity index (χ2n) is 3.56. The van der Waals surface area contributed by atoms with E-state index < -0.39 is 11.0 Å². The molecule has 0 aliphatic heterocycles. The lowest BCUT2D eigenvalue weighted by molar-refractivity contribution is -0.384. The Kier molecular flexibility index (Phi) is 5.05. The van der Waals surface area contributed by atoms with Gasteiger partial charge in [0.1, 0.15) is 17.3 Å². The highest BCUT2D eigenvalue weighted by Crippen LogP contribution is 2.27. The second-order valence-corrected chi connectivity index (χ2v) is 3.56. The highest BCUT2D eigenvalue weighted by Gasteiger charge is 2.19. The first-order valence-corrected chi connectivity index (χ1v) is 5.18. The summed E-state index contributed by atoms with van der Waals surface area (Å²) in [4.78, 5) is 10.3. The fourth-order valence-electron chi connectivity index (χ4n) is 1.45. The maximum Gasteiger partial charge on any atom is 0.309 e. The van der Waals surface area contributed by atoms with Gasteiger partial charge in [-0.05, 0) is 12.1 Å². The lowest BCUT2D eigenvalue weighted by Gasteiger charge is -2.12. The van der Waals surface area contributed by atoms with Crippen LogP contribution in [0.2, 0.25) is 0 Å². The van der Waals surface area contributed by atoms with Crippen LogP contribution >= 0.6 is 0 Å². The van der Waals surface area contributed by atoms with Crippen molar-refractivity contribution < 1.29 is 14.8 Å². The third-order valence-electron chi connectivity index (χ3n) is 2.23. The first-order valence-electron chi connectivity index (χ1n) is 5.18. The zero-order valence-electron chi connectivity index (χ0n) is 9.79. The van der Waals surface area contributed by atoms with E-state index in [-0.39, 0.29) is 30.1 Å². The van der Waals surface area contributed by atoms with Crippen LogP contribution in [0.3, 0.4) is 0 Å². The number of ether oxygens (including phenoxy) is 1. The van der Waals surface area contributed by atoms with E-state index in [0.29, 0.717) is 0 Å². The molecular weight excluding hydrogens is 238 g/mol. The van der Waals surface area contributed by atoms with Crippen molar-refractivity contribution in [3.05, 3.63) is 33.9 Å². The van der Waals surface area contributed by atoms with Crippen LogP contribution in [0.4, 0.5) is 11.4 Å². The van der Waals surface area contributed by atoms with Gasteiger partial charge in [0.15, 0.2) is 0 Å². The van der Waals surface area contributed by atoms with Crippen molar-refractivity contribution in [2.45, 2.75) is 6.10 Å². The normalized spacial score (nSPS) is 11.6. The fraction of sp³-hybridized carbons (Fsp3) is 0.364. The van der Waals surface area contributed by atoms with Gasteiger partial charge in [-0.3, -0.25) is 10.1 Å². The number of nitrogens with zero attached hydrogens (tertiary/aromatic N) is 2. The van der Waals surface area contributed by atoms with Crippen molar-refractivity contribution >= 4 is 11.4 Å². The quantitative estimate of drug-likeness (QED) is 0.574. The summed E-state index contributed by atoms with van der Waals surface area (Å²) >= 11 is 0. The minimum Gasteiger partial charge on any atom is -0.389 e. The third-order valence-corrected chi connectivity index (χ3v) is 2.23. The molecule has 1 aromatic carbocycles. The van der Waals surface area contributed by atoms with Crippen LogP contribution in [0.1, 0.15) is 5.56 Å². The van der Waals surface area contributed by atoms with Crippen molar-refractivity contribution in [2.75, 3.05) is 25.6 Å². The molecule has 18 heavy (non-hydrogen) atoms. The van der Waals surface area contributed by atoms with Crippen molar-refractivity contribution in [1.82, 2.24) is 0 Å². The zero-order valence-corrected chi connectivity index (χ0v) is 9.79. The number of aliphatic hydroxyl groups is 1. The molecule has 0 aliphatic carbocycles. The van der Waals surface area contributed by atoms with Crippen molar-refractivity contribution in [3.63, 3.8) is 0 Å². The Bertz CT molecular complexity index is 470. The zero-order chi connectivity index (χ0) is 13.5. The molecule has 0 saturated carbocycles. The summed E-state index contributed by atoms with van der Waals surface area (Å²) in [5, 5.41) is 31.9. The largest absolute Gasteiger partial charge is 0.389 e. The van der Waals surface area contributed by atoms with E-state index in [1.54, 1.807) is 6.07 Å². The monoisotopic (exact) mass is 251 g/mol. The van der Waals surface area contributed by atoms with Gasteiger partial charge in [0.25, 0.3) is 0 Å². The SMILES string of the molecule is COCC(O)CNc1cccc(C#N)c1[N+](=O)[O-]. The van der Waals surface area contributed by atoms with Gasteiger partial charge in [0, 0.05) is 13.7 Å². The number of para-hydroxylation sites is 1. The van der Waals surface area contributed by atoms with Crippen LogP contribution in [0.15, 0.2) is 18.2 Å². The number of benzene rings is 1. The first-order chi connectivity index (χ1) is 8.60.